The van der Waals surface area contributed by atoms with Crippen LogP contribution >= 0.6 is 0 Å². The van der Waals surface area contributed by atoms with Gasteiger partial charge in [0.05, 0.1) is 5.56 Å². The van der Waals surface area contributed by atoms with E-state index in [1.54, 1.807) is 23.2 Å². The summed E-state index contributed by atoms with van der Waals surface area (Å²) in [5.74, 6) is 0.414. The molecule has 2 amide bonds. The van der Waals surface area contributed by atoms with Gasteiger partial charge in [-0.15, -0.1) is 0 Å². The Morgan fingerprint density at radius 2 is 2.00 bits per heavy atom. The third-order valence-electron chi connectivity index (χ3n) is 4.21. The SMILES string of the molecule is Cc1ccc(F)cc1NC(=O)N1CCN(c2ccc(C#N)cn2)CC1. The summed E-state index contributed by atoms with van der Waals surface area (Å²) in [5, 5.41) is 11.6. The van der Waals surface area contributed by atoms with Crippen molar-refractivity contribution in [1.29, 1.82) is 5.26 Å². The Bertz CT molecular complexity index is 807. The van der Waals surface area contributed by atoms with Gasteiger partial charge in [0, 0.05) is 38.1 Å². The van der Waals surface area contributed by atoms with Crippen LogP contribution in [0.1, 0.15) is 11.1 Å². The van der Waals surface area contributed by atoms with Crippen molar-refractivity contribution in [2.75, 3.05) is 36.4 Å². The van der Waals surface area contributed by atoms with Crippen LogP contribution in [-0.2, 0) is 0 Å². The molecule has 0 bridgehead atoms. The molecule has 7 heteroatoms. The minimum absolute atomic E-state index is 0.235. The maximum Gasteiger partial charge on any atom is 0.321 e. The largest absolute Gasteiger partial charge is 0.353 e. The number of piperazine rings is 1. The van der Waals surface area contributed by atoms with Crippen molar-refractivity contribution in [2.24, 2.45) is 0 Å². The first-order chi connectivity index (χ1) is 12.1. The fourth-order valence-corrected chi connectivity index (χ4v) is 2.70. The van der Waals surface area contributed by atoms with Gasteiger partial charge in [-0.1, -0.05) is 6.07 Å². The quantitative estimate of drug-likeness (QED) is 0.913. The molecule has 1 fully saturated rings. The zero-order chi connectivity index (χ0) is 17.8. The van der Waals surface area contributed by atoms with Crippen LogP contribution in [0.4, 0.5) is 20.7 Å². The first-order valence-corrected chi connectivity index (χ1v) is 8.00. The van der Waals surface area contributed by atoms with Gasteiger partial charge in [0.25, 0.3) is 0 Å². The topological polar surface area (TPSA) is 72.3 Å². The third-order valence-corrected chi connectivity index (χ3v) is 4.21. The smallest absolute Gasteiger partial charge is 0.321 e. The molecule has 0 saturated carbocycles. The number of carbonyl (C=O) groups is 1. The molecule has 3 rings (SSSR count). The van der Waals surface area contributed by atoms with Crippen molar-refractivity contribution in [1.82, 2.24) is 9.88 Å². The summed E-state index contributed by atoms with van der Waals surface area (Å²) >= 11 is 0. The number of hydrogen-bond donors (Lipinski definition) is 1. The highest BCUT2D eigenvalue weighted by molar-refractivity contribution is 5.90. The summed E-state index contributed by atoms with van der Waals surface area (Å²) in [4.78, 5) is 20.4. The second-order valence-electron chi connectivity index (χ2n) is 5.88. The minimum atomic E-state index is -0.377. The van der Waals surface area contributed by atoms with Crippen molar-refractivity contribution in [2.45, 2.75) is 6.92 Å². The fourth-order valence-electron chi connectivity index (χ4n) is 2.70. The number of halogens is 1. The molecule has 128 valence electrons. The van der Waals surface area contributed by atoms with E-state index in [0.717, 1.165) is 11.4 Å². The Morgan fingerprint density at radius 1 is 1.24 bits per heavy atom. The van der Waals surface area contributed by atoms with E-state index < -0.39 is 0 Å². The summed E-state index contributed by atoms with van der Waals surface area (Å²) in [6.45, 7) is 4.20. The van der Waals surface area contributed by atoms with E-state index in [4.69, 9.17) is 5.26 Å². The number of anilines is 2. The Morgan fingerprint density at radius 3 is 2.64 bits per heavy atom. The predicted octanol–water partition coefficient (Wildman–Crippen LogP) is 2.75. The molecule has 1 aliphatic rings. The molecule has 0 unspecified atom stereocenters. The average Bonchev–Trinajstić information content (AvgIpc) is 2.65. The number of amides is 2. The molecule has 6 nitrogen and oxygen atoms in total. The number of hydrogen-bond acceptors (Lipinski definition) is 4. The Kier molecular flexibility index (Phi) is 4.80. The normalized spacial score (nSPS) is 14.1. The highest BCUT2D eigenvalue weighted by atomic mass is 19.1. The summed E-state index contributed by atoms with van der Waals surface area (Å²) in [5.41, 5.74) is 1.82. The Labute approximate surface area is 145 Å². The molecule has 0 atom stereocenters. The molecule has 1 aromatic heterocycles. The third kappa shape index (κ3) is 3.86. The monoisotopic (exact) mass is 339 g/mol. The van der Waals surface area contributed by atoms with E-state index in [9.17, 15) is 9.18 Å². The predicted molar refractivity (Wildman–Crippen MR) is 92.9 cm³/mol. The summed E-state index contributed by atoms with van der Waals surface area (Å²) in [6, 6.07) is 9.68. The molecule has 2 aromatic rings. The van der Waals surface area contributed by atoms with Crippen LogP contribution in [-0.4, -0.2) is 42.1 Å². The minimum Gasteiger partial charge on any atom is -0.353 e. The van der Waals surface area contributed by atoms with Crippen molar-refractivity contribution in [3.05, 3.63) is 53.5 Å². The number of aryl methyl sites for hydroxylation is 1. The van der Waals surface area contributed by atoms with Gasteiger partial charge in [-0.3, -0.25) is 0 Å². The first-order valence-electron chi connectivity index (χ1n) is 8.00. The maximum atomic E-state index is 13.3. The second-order valence-corrected chi connectivity index (χ2v) is 5.88. The van der Waals surface area contributed by atoms with E-state index in [2.05, 4.69) is 15.2 Å². The number of carbonyl (C=O) groups excluding carboxylic acids is 1. The number of pyridine rings is 1. The van der Waals surface area contributed by atoms with Gasteiger partial charge < -0.3 is 15.1 Å². The van der Waals surface area contributed by atoms with Crippen LogP contribution < -0.4 is 10.2 Å². The van der Waals surface area contributed by atoms with Gasteiger partial charge in [0.1, 0.15) is 17.7 Å². The number of nitrogens with zero attached hydrogens (tertiary/aromatic N) is 4. The summed E-state index contributed by atoms with van der Waals surface area (Å²) in [7, 11) is 0. The van der Waals surface area contributed by atoms with E-state index in [0.29, 0.717) is 37.4 Å². The number of aromatic nitrogens is 1. The van der Waals surface area contributed by atoms with Gasteiger partial charge in [0.2, 0.25) is 0 Å². The lowest BCUT2D eigenvalue weighted by Gasteiger charge is -2.35. The van der Waals surface area contributed by atoms with Crippen LogP contribution in [0.5, 0.6) is 0 Å². The second kappa shape index (κ2) is 7.18. The molecule has 1 N–H and O–H groups in total. The molecule has 25 heavy (non-hydrogen) atoms. The van der Waals surface area contributed by atoms with Crippen LogP contribution in [0.3, 0.4) is 0 Å². The zero-order valence-electron chi connectivity index (χ0n) is 13.9. The number of nitriles is 1. The maximum absolute atomic E-state index is 13.3. The van der Waals surface area contributed by atoms with E-state index in [-0.39, 0.29) is 11.8 Å². The van der Waals surface area contributed by atoms with E-state index >= 15 is 0 Å². The Balaban J connectivity index is 1.58. The summed E-state index contributed by atoms with van der Waals surface area (Å²) < 4.78 is 13.3. The molecular formula is C18H18FN5O. The molecule has 2 heterocycles. The molecule has 1 saturated heterocycles. The molecule has 0 aliphatic carbocycles. The molecule has 1 aliphatic heterocycles. The van der Waals surface area contributed by atoms with E-state index in [1.165, 1.54) is 12.1 Å². The van der Waals surface area contributed by atoms with Crippen molar-refractivity contribution < 1.29 is 9.18 Å². The average molecular weight is 339 g/mol. The fraction of sp³-hybridized carbons (Fsp3) is 0.278. The van der Waals surface area contributed by atoms with Crippen LogP contribution in [0, 0.1) is 24.1 Å². The molecule has 0 spiro atoms. The first kappa shape index (κ1) is 16.7. The van der Waals surface area contributed by atoms with Gasteiger partial charge in [0.15, 0.2) is 0 Å². The van der Waals surface area contributed by atoms with Crippen molar-refractivity contribution in [3.63, 3.8) is 0 Å². The molecule has 1 aromatic carbocycles. The van der Waals surface area contributed by atoms with Crippen LogP contribution in [0.2, 0.25) is 0 Å². The van der Waals surface area contributed by atoms with Crippen molar-refractivity contribution >= 4 is 17.5 Å². The standard InChI is InChI=1S/C18H18FN5O/c1-13-2-4-15(19)10-16(13)22-18(25)24-8-6-23(7-9-24)17-5-3-14(11-20)12-21-17/h2-5,10,12H,6-9H2,1H3,(H,22,25). The number of nitrogens with one attached hydrogen (secondary N) is 1. The zero-order valence-corrected chi connectivity index (χ0v) is 13.9. The van der Waals surface area contributed by atoms with Crippen LogP contribution in [0.15, 0.2) is 36.5 Å². The van der Waals surface area contributed by atoms with Crippen molar-refractivity contribution in [3.8, 4) is 6.07 Å². The van der Waals surface area contributed by atoms with E-state index in [1.807, 2.05) is 19.1 Å². The van der Waals surface area contributed by atoms with Gasteiger partial charge >= 0.3 is 6.03 Å². The highest BCUT2D eigenvalue weighted by Crippen LogP contribution is 2.18. The van der Waals surface area contributed by atoms with Crippen LogP contribution in [0.25, 0.3) is 0 Å². The summed E-state index contributed by atoms with van der Waals surface area (Å²) in [6.07, 6.45) is 1.54. The highest BCUT2D eigenvalue weighted by Gasteiger charge is 2.22. The lowest BCUT2D eigenvalue weighted by atomic mass is 10.2. The van der Waals surface area contributed by atoms with Gasteiger partial charge in [-0.25, -0.2) is 14.2 Å². The number of benzene rings is 1. The number of rotatable bonds is 2. The van der Waals surface area contributed by atoms with Gasteiger partial charge in [-0.2, -0.15) is 5.26 Å². The Hall–Kier alpha value is -3.14. The lowest BCUT2D eigenvalue weighted by Crippen LogP contribution is -2.50. The van der Waals surface area contributed by atoms with Gasteiger partial charge in [-0.05, 0) is 36.8 Å². The molecular weight excluding hydrogens is 321 g/mol. The lowest BCUT2D eigenvalue weighted by molar-refractivity contribution is 0.208. The number of urea groups is 1. The molecule has 0 radical (unpaired) electrons.